The van der Waals surface area contributed by atoms with Crippen molar-refractivity contribution in [3.8, 4) is 5.95 Å². The molecule has 1 aromatic heterocycles. The van der Waals surface area contributed by atoms with E-state index in [1.54, 1.807) is 12.1 Å². The Hall–Kier alpha value is -1.81. The Balaban J connectivity index is 1.74. The number of fused-ring (bicyclic) bond motifs is 4. The van der Waals surface area contributed by atoms with Gasteiger partial charge in [-0.25, -0.2) is 0 Å². The number of hydrogen-bond acceptors (Lipinski definition) is 4. The zero-order valence-corrected chi connectivity index (χ0v) is 18.3. The second-order valence-corrected chi connectivity index (χ2v) is 10.3. The Bertz CT molecular complexity index is 908. The molecule has 4 heteroatoms. The summed E-state index contributed by atoms with van der Waals surface area (Å²) in [4.78, 5) is 12.9. The van der Waals surface area contributed by atoms with Gasteiger partial charge in [0.2, 0.25) is 0 Å². The zero-order chi connectivity index (χ0) is 21.0. The number of hydrogen-bond donors (Lipinski definition) is 1. The number of rotatable bonds is 2. The second-order valence-electron chi connectivity index (χ2n) is 10.3. The summed E-state index contributed by atoms with van der Waals surface area (Å²) in [5.41, 5.74) is 0.222. The Kier molecular flexibility index (Phi) is 4.85. The van der Waals surface area contributed by atoms with E-state index >= 15 is 0 Å². The van der Waals surface area contributed by atoms with E-state index in [9.17, 15) is 9.90 Å². The van der Waals surface area contributed by atoms with Crippen LogP contribution in [0.4, 0.5) is 0 Å². The van der Waals surface area contributed by atoms with Gasteiger partial charge in [0, 0.05) is 12.0 Å². The first-order valence-electron chi connectivity index (χ1n) is 11.0. The molecule has 2 fully saturated rings. The minimum atomic E-state index is -0.349. The molecular weight excluding hydrogens is 364 g/mol. The van der Waals surface area contributed by atoms with Crippen molar-refractivity contribution in [2.75, 3.05) is 0 Å². The van der Waals surface area contributed by atoms with Crippen molar-refractivity contribution in [3.05, 3.63) is 45.8 Å². The van der Waals surface area contributed by atoms with Crippen LogP contribution in [0.1, 0.15) is 71.6 Å². The summed E-state index contributed by atoms with van der Waals surface area (Å²) in [6.45, 7) is 10.9. The van der Waals surface area contributed by atoms with Crippen molar-refractivity contribution in [2.45, 2.75) is 78.4 Å². The summed E-state index contributed by atoms with van der Waals surface area (Å²) in [5.74, 6) is 1.57. The maximum absolute atomic E-state index is 12.9. The first-order chi connectivity index (χ1) is 13.6. The van der Waals surface area contributed by atoms with Crippen LogP contribution < -0.4 is 10.2 Å². The quantitative estimate of drug-likeness (QED) is 0.701. The molecular formula is C25H34O4. The number of aliphatic hydroxyl groups excluding tert-OH is 1. The smallest absolute Gasteiger partial charge is 0.292 e. The molecule has 2 heterocycles. The monoisotopic (exact) mass is 398 g/mol. The summed E-state index contributed by atoms with van der Waals surface area (Å²) in [7, 11) is 0. The Morgan fingerprint density at radius 1 is 1.10 bits per heavy atom. The van der Waals surface area contributed by atoms with E-state index in [0.29, 0.717) is 29.6 Å². The Labute approximate surface area is 173 Å². The number of allylic oxidation sites excluding steroid dienone is 3. The molecule has 3 aliphatic rings. The molecule has 0 radical (unpaired) electrons. The average Bonchev–Trinajstić information content (AvgIpc) is 2.64. The average molecular weight is 399 g/mol. The number of aliphatic hydroxyl groups is 1. The van der Waals surface area contributed by atoms with Gasteiger partial charge in [-0.05, 0) is 68.8 Å². The van der Waals surface area contributed by atoms with Crippen molar-refractivity contribution in [3.63, 3.8) is 0 Å². The fourth-order valence-corrected chi connectivity index (χ4v) is 6.61. The van der Waals surface area contributed by atoms with Gasteiger partial charge in [-0.3, -0.25) is 4.79 Å². The maximum atomic E-state index is 12.9. The molecule has 29 heavy (non-hydrogen) atoms. The van der Waals surface area contributed by atoms with E-state index in [1.165, 1.54) is 0 Å². The van der Waals surface area contributed by atoms with Gasteiger partial charge in [-0.1, -0.05) is 39.0 Å². The number of ether oxygens (including phenoxy) is 1. The van der Waals surface area contributed by atoms with Crippen molar-refractivity contribution in [1.29, 1.82) is 0 Å². The van der Waals surface area contributed by atoms with Crippen LogP contribution in [0.25, 0.3) is 6.08 Å². The highest BCUT2D eigenvalue weighted by Gasteiger charge is 2.62. The molecule has 2 aliphatic carbocycles. The molecule has 0 aromatic carbocycles. The van der Waals surface area contributed by atoms with Gasteiger partial charge in [0.25, 0.3) is 5.95 Å². The second kappa shape index (κ2) is 6.87. The highest BCUT2D eigenvalue weighted by molar-refractivity contribution is 5.47. The maximum Gasteiger partial charge on any atom is 0.292 e. The van der Waals surface area contributed by atoms with Gasteiger partial charge >= 0.3 is 0 Å². The van der Waals surface area contributed by atoms with Gasteiger partial charge in [0.05, 0.1) is 11.7 Å². The standard InChI is InChI=1S/C25H34O4/c1-6-7-8-9-16-14-18(26)17-15-20-24(4)12-11-21(27)23(2,3)19(24)10-13-25(20,5)29-22(17)28-16/h6-9,14,19-21,27H,10-13,15H2,1-5H3/t19-,20+,21-,24-,25+/m0/s1. The molecule has 0 bridgehead atoms. The van der Waals surface area contributed by atoms with E-state index in [2.05, 4.69) is 27.7 Å². The molecule has 0 amide bonds. The minimum Gasteiger partial charge on any atom is -0.458 e. The van der Waals surface area contributed by atoms with Crippen molar-refractivity contribution in [1.82, 2.24) is 0 Å². The molecule has 1 aromatic rings. The normalized spacial score (nSPS) is 38.3. The minimum absolute atomic E-state index is 0.00532. The largest absolute Gasteiger partial charge is 0.458 e. The fraction of sp³-hybridized carbons (Fsp3) is 0.640. The van der Waals surface area contributed by atoms with Gasteiger partial charge < -0.3 is 14.3 Å². The van der Waals surface area contributed by atoms with Gasteiger partial charge in [-0.2, -0.15) is 0 Å². The first kappa shape index (κ1) is 20.5. The lowest BCUT2D eigenvalue weighted by molar-refractivity contribution is -0.195. The predicted octanol–water partition coefficient (Wildman–Crippen LogP) is 5.14. The van der Waals surface area contributed by atoms with Gasteiger partial charge in [-0.15, -0.1) is 0 Å². The van der Waals surface area contributed by atoms with Crippen LogP contribution in [-0.2, 0) is 6.42 Å². The molecule has 5 atom stereocenters. The summed E-state index contributed by atoms with van der Waals surface area (Å²) in [6.07, 6.45) is 11.6. The lowest BCUT2D eigenvalue weighted by atomic mass is 9.44. The molecule has 0 unspecified atom stereocenters. The Morgan fingerprint density at radius 2 is 1.86 bits per heavy atom. The van der Waals surface area contributed by atoms with Crippen molar-refractivity contribution in [2.24, 2.45) is 22.7 Å². The molecule has 0 saturated heterocycles. The van der Waals surface area contributed by atoms with Crippen LogP contribution >= 0.6 is 0 Å². The molecule has 158 valence electrons. The molecule has 1 N–H and O–H groups in total. The van der Waals surface area contributed by atoms with Crippen molar-refractivity contribution >= 4 is 6.08 Å². The van der Waals surface area contributed by atoms with E-state index in [0.717, 1.165) is 25.7 Å². The lowest BCUT2D eigenvalue weighted by Crippen LogP contribution is -2.63. The third-order valence-electron chi connectivity index (χ3n) is 8.30. The van der Waals surface area contributed by atoms with E-state index in [-0.39, 0.29) is 33.9 Å². The van der Waals surface area contributed by atoms with Crippen LogP contribution in [-0.4, -0.2) is 16.8 Å². The zero-order valence-electron chi connectivity index (χ0n) is 18.3. The van der Waals surface area contributed by atoms with E-state index in [4.69, 9.17) is 9.15 Å². The summed E-state index contributed by atoms with van der Waals surface area (Å²) in [6, 6.07) is 1.57. The lowest BCUT2D eigenvalue weighted by Gasteiger charge is -2.63. The van der Waals surface area contributed by atoms with E-state index in [1.807, 2.05) is 25.2 Å². The predicted molar refractivity (Wildman–Crippen MR) is 115 cm³/mol. The van der Waals surface area contributed by atoms with Crippen LogP contribution in [0.2, 0.25) is 0 Å². The Morgan fingerprint density at radius 3 is 2.59 bits per heavy atom. The van der Waals surface area contributed by atoms with Crippen molar-refractivity contribution < 1.29 is 14.3 Å². The first-order valence-corrected chi connectivity index (χ1v) is 11.0. The van der Waals surface area contributed by atoms with Crippen LogP contribution in [0.3, 0.4) is 0 Å². The summed E-state index contributed by atoms with van der Waals surface area (Å²) in [5, 5.41) is 10.7. The highest BCUT2D eigenvalue weighted by Crippen LogP contribution is 2.64. The van der Waals surface area contributed by atoms with Crippen LogP contribution in [0.15, 0.2) is 33.5 Å². The molecule has 4 rings (SSSR count). The SMILES string of the molecule is CC=CC=Cc1cc(=O)c2c(o1)O[C@]1(C)CC[C@H]3C(C)(C)[C@@H](O)CC[C@]3(C)[C@H]1C2. The summed E-state index contributed by atoms with van der Waals surface area (Å²) >= 11 is 0. The molecule has 2 saturated carbocycles. The van der Waals surface area contributed by atoms with Crippen LogP contribution in [0.5, 0.6) is 5.95 Å². The van der Waals surface area contributed by atoms with Gasteiger partial charge in [0.15, 0.2) is 5.43 Å². The topological polar surface area (TPSA) is 59.7 Å². The van der Waals surface area contributed by atoms with E-state index < -0.39 is 0 Å². The molecule has 1 aliphatic heterocycles. The fourth-order valence-electron chi connectivity index (χ4n) is 6.61. The third kappa shape index (κ3) is 3.11. The summed E-state index contributed by atoms with van der Waals surface area (Å²) < 4.78 is 12.5. The molecule has 4 nitrogen and oxygen atoms in total. The van der Waals surface area contributed by atoms with Gasteiger partial charge in [0.1, 0.15) is 11.4 Å². The molecule has 0 spiro atoms. The highest BCUT2D eigenvalue weighted by atomic mass is 16.6. The third-order valence-corrected chi connectivity index (χ3v) is 8.30. The van der Waals surface area contributed by atoms with Crippen LogP contribution in [0, 0.1) is 22.7 Å².